The molecule has 0 unspecified atom stereocenters. The zero-order valence-corrected chi connectivity index (χ0v) is 23.9. The first kappa shape index (κ1) is 27.7. The van der Waals surface area contributed by atoms with Gasteiger partial charge in [0, 0.05) is 36.8 Å². The van der Waals surface area contributed by atoms with E-state index in [0.717, 1.165) is 14.7 Å². The smallest absolute Gasteiger partial charge is 0.279 e. The summed E-state index contributed by atoms with van der Waals surface area (Å²) in [4.78, 5) is 18.1. The molecule has 0 saturated heterocycles. The van der Waals surface area contributed by atoms with Gasteiger partial charge in [0.15, 0.2) is 4.80 Å². The first-order chi connectivity index (χ1) is 16.5. The predicted molar refractivity (Wildman–Crippen MR) is 144 cm³/mol. The van der Waals surface area contributed by atoms with Crippen molar-refractivity contribution in [3.05, 3.63) is 57.3 Å². The second-order valence-corrected chi connectivity index (χ2v) is 13.1. The van der Waals surface area contributed by atoms with Crippen LogP contribution in [0.2, 0.25) is 0 Å². The number of fused-ring (bicyclic) bond motifs is 1. The van der Waals surface area contributed by atoms with Crippen molar-refractivity contribution in [3.63, 3.8) is 0 Å². The van der Waals surface area contributed by atoms with Crippen LogP contribution in [0, 0.1) is 11.8 Å². The van der Waals surface area contributed by atoms with Crippen molar-refractivity contribution < 1.29 is 17.9 Å². The van der Waals surface area contributed by atoms with Gasteiger partial charge in [-0.1, -0.05) is 55.0 Å². The third-order valence-electron chi connectivity index (χ3n) is 5.24. The van der Waals surface area contributed by atoms with Crippen LogP contribution in [0.5, 0.6) is 0 Å². The summed E-state index contributed by atoms with van der Waals surface area (Å²) >= 11 is 4.91. The number of hydrogen-bond donors (Lipinski definition) is 0. The lowest BCUT2D eigenvalue weighted by molar-refractivity contribution is 0.0997. The molecule has 0 aliphatic rings. The Bertz CT molecular complexity index is 1330. The highest BCUT2D eigenvalue weighted by Gasteiger charge is 2.26. The maximum Gasteiger partial charge on any atom is 0.279 e. The minimum Gasteiger partial charge on any atom is -0.383 e. The van der Waals surface area contributed by atoms with Crippen molar-refractivity contribution in [2.75, 3.05) is 26.8 Å². The summed E-state index contributed by atoms with van der Waals surface area (Å²) in [7, 11) is -2.03. The highest BCUT2D eigenvalue weighted by molar-refractivity contribution is 9.10. The number of carbonyl (C=O) groups excluding carboxylic acids is 1. The first-order valence-electron chi connectivity index (χ1n) is 11.5. The first-order valence-corrected chi connectivity index (χ1v) is 14.5. The van der Waals surface area contributed by atoms with E-state index in [1.165, 1.54) is 39.9 Å². The maximum atomic E-state index is 13.2. The lowest BCUT2D eigenvalue weighted by Crippen LogP contribution is -2.37. The van der Waals surface area contributed by atoms with Crippen LogP contribution in [0.3, 0.4) is 0 Å². The number of rotatable bonds is 10. The van der Waals surface area contributed by atoms with Crippen molar-refractivity contribution in [2.45, 2.75) is 39.1 Å². The molecule has 1 amide bonds. The van der Waals surface area contributed by atoms with Crippen molar-refractivity contribution in [1.29, 1.82) is 0 Å². The van der Waals surface area contributed by atoms with E-state index in [-0.39, 0.29) is 16.7 Å². The van der Waals surface area contributed by atoms with Gasteiger partial charge in [0.2, 0.25) is 10.0 Å². The van der Waals surface area contributed by atoms with Crippen LogP contribution in [0.25, 0.3) is 10.2 Å². The van der Waals surface area contributed by atoms with Crippen molar-refractivity contribution in [1.82, 2.24) is 8.87 Å². The zero-order chi connectivity index (χ0) is 25.8. The minimum absolute atomic E-state index is 0.178. The van der Waals surface area contributed by atoms with E-state index in [0.29, 0.717) is 36.6 Å². The van der Waals surface area contributed by atoms with Gasteiger partial charge in [-0.3, -0.25) is 4.79 Å². The Morgan fingerprint density at radius 1 is 1.09 bits per heavy atom. The van der Waals surface area contributed by atoms with Gasteiger partial charge in [0.1, 0.15) is 0 Å². The maximum absolute atomic E-state index is 13.2. The lowest BCUT2D eigenvalue weighted by Gasteiger charge is -2.25. The van der Waals surface area contributed by atoms with Crippen LogP contribution in [0.15, 0.2) is 56.8 Å². The number of methoxy groups -OCH3 is 1. The van der Waals surface area contributed by atoms with Crippen LogP contribution in [0.1, 0.15) is 38.1 Å². The molecule has 3 aromatic rings. The van der Waals surface area contributed by atoms with E-state index >= 15 is 0 Å². The molecule has 190 valence electrons. The van der Waals surface area contributed by atoms with Crippen LogP contribution < -0.4 is 4.80 Å². The molecule has 0 saturated carbocycles. The number of carbonyl (C=O) groups is 1. The van der Waals surface area contributed by atoms with E-state index in [1.54, 1.807) is 7.11 Å². The number of aromatic nitrogens is 1. The van der Waals surface area contributed by atoms with Gasteiger partial charge in [-0.2, -0.15) is 9.30 Å². The average molecular weight is 583 g/mol. The molecule has 0 aliphatic carbocycles. The molecular weight excluding hydrogens is 550 g/mol. The third kappa shape index (κ3) is 6.89. The Morgan fingerprint density at radius 2 is 1.71 bits per heavy atom. The van der Waals surface area contributed by atoms with E-state index in [1.807, 2.05) is 50.5 Å². The highest BCUT2D eigenvalue weighted by Crippen LogP contribution is 2.23. The van der Waals surface area contributed by atoms with E-state index in [2.05, 4.69) is 20.9 Å². The number of halogens is 1. The number of benzene rings is 2. The van der Waals surface area contributed by atoms with E-state index in [4.69, 9.17) is 4.74 Å². The highest BCUT2D eigenvalue weighted by atomic mass is 79.9. The Hall–Kier alpha value is -1.85. The summed E-state index contributed by atoms with van der Waals surface area (Å²) in [5.41, 5.74) is 1.30. The van der Waals surface area contributed by atoms with Crippen molar-refractivity contribution in [3.8, 4) is 0 Å². The summed E-state index contributed by atoms with van der Waals surface area (Å²) in [5, 5.41) is 0. The Morgan fingerprint density at radius 3 is 2.29 bits per heavy atom. The fourth-order valence-corrected chi connectivity index (χ4v) is 7.06. The minimum atomic E-state index is -3.66. The Labute approximate surface area is 219 Å². The second-order valence-electron chi connectivity index (χ2n) is 9.19. The Balaban J connectivity index is 1.94. The number of amides is 1. The van der Waals surface area contributed by atoms with Crippen LogP contribution in [0.4, 0.5) is 0 Å². The Kier molecular flexibility index (Phi) is 9.45. The fraction of sp³-hybridized carbons (Fsp3) is 0.440. The molecule has 1 aromatic heterocycles. The van der Waals surface area contributed by atoms with Crippen molar-refractivity contribution >= 4 is 53.4 Å². The van der Waals surface area contributed by atoms with Gasteiger partial charge < -0.3 is 9.30 Å². The largest absolute Gasteiger partial charge is 0.383 e. The SMILES string of the molecule is COCCn1c(=NC(=O)c2ccc(S(=O)(=O)N(CC(C)C)CC(C)C)cc2)sc2cc(Br)ccc21. The van der Waals surface area contributed by atoms with Gasteiger partial charge in [-0.15, -0.1) is 0 Å². The van der Waals surface area contributed by atoms with Gasteiger partial charge in [0.05, 0.1) is 21.7 Å². The second kappa shape index (κ2) is 11.9. The quantitative estimate of drug-likeness (QED) is 0.331. The molecule has 10 heteroatoms. The van der Waals surface area contributed by atoms with Gasteiger partial charge in [0.25, 0.3) is 5.91 Å². The lowest BCUT2D eigenvalue weighted by atomic mass is 10.2. The zero-order valence-electron chi connectivity index (χ0n) is 20.7. The van der Waals surface area contributed by atoms with E-state index < -0.39 is 15.9 Å². The number of nitrogens with zero attached hydrogens (tertiary/aromatic N) is 3. The van der Waals surface area contributed by atoms with E-state index in [9.17, 15) is 13.2 Å². The van der Waals surface area contributed by atoms with Crippen LogP contribution >= 0.6 is 27.3 Å². The molecule has 3 rings (SSSR count). The topological polar surface area (TPSA) is 81.0 Å². The predicted octanol–water partition coefficient (Wildman–Crippen LogP) is 5.16. The molecule has 7 nitrogen and oxygen atoms in total. The third-order valence-corrected chi connectivity index (χ3v) is 8.62. The molecule has 0 atom stereocenters. The van der Waals surface area contributed by atoms with Crippen LogP contribution in [-0.4, -0.2) is 50.0 Å². The number of thiazole rings is 1. The normalized spacial score (nSPS) is 13.0. The summed E-state index contributed by atoms with van der Waals surface area (Å²) in [6.07, 6.45) is 0. The molecule has 0 spiro atoms. The monoisotopic (exact) mass is 581 g/mol. The number of hydrogen-bond acceptors (Lipinski definition) is 5. The average Bonchev–Trinajstić information content (AvgIpc) is 3.12. The molecule has 2 aromatic carbocycles. The van der Waals surface area contributed by atoms with Crippen LogP contribution in [-0.2, 0) is 21.3 Å². The number of ether oxygens (including phenoxy) is 1. The molecular formula is C25H32BrN3O4S2. The van der Waals surface area contributed by atoms with Crippen molar-refractivity contribution in [2.24, 2.45) is 16.8 Å². The molecule has 0 bridgehead atoms. The molecule has 0 aliphatic heterocycles. The fourth-order valence-electron chi connectivity index (χ4n) is 3.69. The summed E-state index contributed by atoms with van der Waals surface area (Å²) < 4.78 is 37.2. The van der Waals surface area contributed by atoms with Gasteiger partial charge in [-0.05, 0) is 54.3 Å². The van der Waals surface area contributed by atoms with Gasteiger partial charge >= 0.3 is 0 Å². The molecule has 35 heavy (non-hydrogen) atoms. The standard InChI is InChI=1S/C25H32BrN3O4S2/c1-17(2)15-28(16-18(3)4)35(31,32)21-9-6-19(7-10-21)24(30)27-25-29(12-13-33-5)22-11-8-20(26)14-23(22)34-25/h6-11,14,17-18H,12-13,15-16H2,1-5H3. The van der Waals surface area contributed by atoms with Gasteiger partial charge in [-0.25, -0.2) is 8.42 Å². The molecule has 1 heterocycles. The molecule has 0 N–H and O–H groups in total. The number of sulfonamides is 1. The summed E-state index contributed by atoms with van der Waals surface area (Å²) in [6, 6.07) is 12.0. The summed E-state index contributed by atoms with van der Waals surface area (Å²) in [5.74, 6) is -0.0169. The molecule has 0 radical (unpaired) electrons. The summed E-state index contributed by atoms with van der Waals surface area (Å²) in [6.45, 7) is 9.92. The molecule has 0 fully saturated rings.